The molecule has 1 aliphatic carbocycles. The second-order valence-electron chi connectivity index (χ2n) is 6.63. The summed E-state index contributed by atoms with van der Waals surface area (Å²) in [5, 5.41) is 0. The molecule has 3 rings (SSSR count). The number of hydrogen-bond acceptors (Lipinski definition) is 4. The summed E-state index contributed by atoms with van der Waals surface area (Å²) in [5.41, 5.74) is 6.67. The van der Waals surface area contributed by atoms with Crippen LogP contribution >= 0.6 is 0 Å². The lowest BCUT2D eigenvalue weighted by Crippen LogP contribution is -2.41. The van der Waals surface area contributed by atoms with E-state index >= 15 is 0 Å². The highest BCUT2D eigenvalue weighted by atomic mass is 16.2. The third-order valence-electron chi connectivity index (χ3n) is 4.93. The summed E-state index contributed by atoms with van der Waals surface area (Å²) >= 11 is 0. The minimum atomic E-state index is -0.0963. The minimum absolute atomic E-state index is 0.0963. The van der Waals surface area contributed by atoms with E-state index in [1.54, 1.807) is 13.0 Å². The van der Waals surface area contributed by atoms with Gasteiger partial charge in [-0.05, 0) is 39.0 Å². The Balaban J connectivity index is 1.60. The van der Waals surface area contributed by atoms with Crippen molar-refractivity contribution in [2.75, 3.05) is 13.1 Å². The largest absolute Gasteiger partial charge is 0.342 e. The smallest absolute Gasteiger partial charge is 0.251 e. The molecule has 1 amide bonds. The summed E-state index contributed by atoms with van der Waals surface area (Å²) in [7, 11) is 0. The molecule has 0 bridgehead atoms. The Morgan fingerprint density at radius 2 is 2.05 bits per heavy atom. The Bertz CT molecular complexity index is 604. The number of piperidine rings is 1. The number of hydrogen-bond donors (Lipinski definition) is 2. The zero-order valence-corrected chi connectivity index (χ0v) is 13.0. The SMILES string of the molecule is Cc1nc(C2CCN(C(=O)[C@H]3CC[C@@H](N)C3)CC2)cc(=O)[nH]1. The van der Waals surface area contributed by atoms with Gasteiger partial charge in [-0.2, -0.15) is 0 Å². The number of aryl methyl sites for hydroxylation is 1. The second kappa shape index (κ2) is 6.20. The maximum atomic E-state index is 12.5. The van der Waals surface area contributed by atoms with Crippen LogP contribution in [0.5, 0.6) is 0 Å². The number of aromatic nitrogens is 2. The van der Waals surface area contributed by atoms with Gasteiger partial charge in [0, 0.05) is 37.0 Å². The Kier molecular flexibility index (Phi) is 4.29. The normalized spacial score (nSPS) is 26.4. The lowest BCUT2D eigenvalue weighted by Gasteiger charge is -2.33. The molecule has 6 heteroatoms. The van der Waals surface area contributed by atoms with Gasteiger partial charge < -0.3 is 15.6 Å². The number of nitrogens with zero attached hydrogens (tertiary/aromatic N) is 2. The number of carbonyl (C=O) groups is 1. The van der Waals surface area contributed by atoms with Crippen molar-refractivity contribution in [3.05, 3.63) is 27.9 Å². The number of nitrogens with one attached hydrogen (secondary N) is 1. The van der Waals surface area contributed by atoms with Crippen molar-refractivity contribution in [1.82, 2.24) is 14.9 Å². The van der Waals surface area contributed by atoms with Crippen LogP contribution in [-0.4, -0.2) is 39.9 Å². The molecule has 1 saturated heterocycles. The third kappa shape index (κ3) is 3.21. The quantitative estimate of drug-likeness (QED) is 0.849. The lowest BCUT2D eigenvalue weighted by molar-refractivity contribution is -0.136. The molecule has 0 spiro atoms. The van der Waals surface area contributed by atoms with Crippen molar-refractivity contribution in [3.63, 3.8) is 0 Å². The van der Waals surface area contributed by atoms with Gasteiger partial charge in [0.05, 0.1) is 5.69 Å². The maximum absolute atomic E-state index is 12.5. The van der Waals surface area contributed by atoms with E-state index in [0.29, 0.717) is 5.82 Å². The van der Waals surface area contributed by atoms with Crippen LogP contribution < -0.4 is 11.3 Å². The van der Waals surface area contributed by atoms with Crippen molar-refractivity contribution in [3.8, 4) is 0 Å². The van der Waals surface area contributed by atoms with Crippen molar-refractivity contribution < 1.29 is 4.79 Å². The first kappa shape index (κ1) is 15.2. The zero-order chi connectivity index (χ0) is 15.7. The molecular formula is C16H24N4O2. The zero-order valence-electron chi connectivity index (χ0n) is 13.0. The average molecular weight is 304 g/mol. The van der Waals surface area contributed by atoms with Crippen LogP contribution in [0.25, 0.3) is 0 Å². The summed E-state index contributed by atoms with van der Waals surface area (Å²) in [6.45, 7) is 3.30. The van der Waals surface area contributed by atoms with E-state index in [4.69, 9.17) is 5.73 Å². The van der Waals surface area contributed by atoms with Crippen molar-refractivity contribution in [2.45, 2.75) is 51.0 Å². The van der Waals surface area contributed by atoms with Gasteiger partial charge in [0.2, 0.25) is 5.91 Å². The van der Waals surface area contributed by atoms with E-state index in [9.17, 15) is 9.59 Å². The molecule has 0 radical (unpaired) electrons. The fraction of sp³-hybridized carbons (Fsp3) is 0.688. The maximum Gasteiger partial charge on any atom is 0.251 e. The van der Waals surface area contributed by atoms with E-state index in [2.05, 4.69) is 9.97 Å². The number of aromatic amines is 1. The van der Waals surface area contributed by atoms with E-state index in [1.165, 1.54) is 0 Å². The van der Waals surface area contributed by atoms with Crippen LogP contribution in [0.2, 0.25) is 0 Å². The van der Waals surface area contributed by atoms with Crippen LogP contribution in [0.15, 0.2) is 10.9 Å². The summed E-state index contributed by atoms with van der Waals surface area (Å²) in [5.74, 6) is 1.31. The number of amides is 1. The summed E-state index contributed by atoms with van der Waals surface area (Å²) in [6, 6.07) is 1.78. The van der Waals surface area contributed by atoms with Gasteiger partial charge in [0.15, 0.2) is 0 Å². The Morgan fingerprint density at radius 3 is 2.64 bits per heavy atom. The highest BCUT2D eigenvalue weighted by molar-refractivity contribution is 5.79. The molecule has 0 aromatic carbocycles. The number of H-pyrrole nitrogens is 1. The second-order valence-corrected chi connectivity index (χ2v) is 6.63. The van der Waals surface area contributed by atoms with Crippen LogP contribution in [-0.2, 0) is 4.79 Å². The van der Waals surface area contributed by atoms with Gasteiger partial charge in [-0.1, -0.05) is 0 Å². The topological polar surface area (TPSA) is 92.1 Å². The molecule has 1 aromatic heterocycles. The molecule has 2 heterocycles. The fourth-order valence-corrected chi connectivity index (χ4v) is 3.71. The fourth-order valence-electron chi connectivity index (χ4n) is 3.71. The molecule has 22 heavy (non-hydrogen) atoms. The van der Waals surface area contributed by atoms with Crippen molar-refractivity contribution in [1.29, 1.82) is 0 Å². The average Bonchev–Trinajstić information content (AvgIpc) is 2.92. The van der Waals surface area contributed by atoms with Crippen LogP contribution in [0.3, 0.4) is 0 Å². The lowest BCUT2D eigenvalue weighted by atomic mass is 9.92. The van der Waals surface area contributed by atoms with Crippen LogP contribution in [0, 0.1) is 12.8 Å². The Labute approximate surface area is 130 Å². The van der Waals surface area contributed by atoms with E-state index in [-0.39, 0.29) is 29.3 Å². The number of likely N-dealkylation sites (tertiary alicyclic amines) is 1. The first-order valence-electron chi connectivity index (χ1n) is 8.15. The van der Waals surface area contributed by atoms with Gasteiger partial charge in [-0.15, -0.1) is 0 Å². The third-order valence-corrected chi connectivity index (χ3v) is 4.93. The molecular weight excluding hydrogens is 280 g/mol. The molecule has 2 fully saturated rings. The van der Waals surface area contributed by atoms with E-state index < -0.39 is 0 Å². The molecule has 1 aliphatic heterocycles. The van der Waals surface area contributed by atoms with Gasteiger partial charge in [0.1, 0.15) is 5.82 Å². The van der Waals surface area contributed by atoms with Crippen molar-refractivity contribution in [2.24, 2.45) is 11.7 Å². The predicted molar refractivity (Wildman–Crippen MR) is 83.5 cm³/mol. The van der Waals surface area contributed by atoms with Crippen molar-refractivity contribution >= 4 is 5.91 Å². The Hall–Kier alpha value is -1.69. The van der Waals surface area contributed by atoms with Gasteiger partial charge in [0.25, 0.3) is 5.56 Å². The summed E-state index contributed by atoms with van der Waals surface area (Å²) < 4.78 is 0. The monoisotopic (exact) mass is 304 g/mol. The molecule has 120 valence electrons. The first-order valence-corrected chi connectivity index (χ1v) is 8.15. The minimum Gasteiger partial charge on any atom is -0.342 e. The number of nitrogens with two attached hydrogens (primary N) is 1. The highest BCUT2D eigenvalue weighted by Crippen LogP contribution is 2.30. The molecule has 2 aliphatic rings. The Morgan fingerprint density at radius 1 is 1.32 bits per heavy atom. The molecule has 0 unspecified atom stereocenters. The first-order chi connectivity index (χ1) is 10.5. The van der Waals surface area contributed by atoms with Gasteiger partial charge in [-0.3, -0.25) is 9.59 Å². The van der Waals surface area contributed by atoms with Gasteiger partial charge >= 0.3 is 0 Å². The standard InChI is InChI=1S/C16H24N4O2/c1-10-18-14(9-15(21)19-10)11-4-6-20(7-5-11)16(22)12-2-3-13(17)8-12/h9,11-13H,2-8,17H2,1H3,(H,18,19,21)/t12-,13+/m0/s1. The highest BCUT2D eigenvalue weighted by Gasteiger charge is 2.33. The van der Waals surface area contributed by atoms with Gasteiger partial charge in [-0.25, -0.2) is 4.98 Å². The number of rotatable bonds is 2. The number of carbonyl (C=O) groups excluding carboxylic acids is 1. The summed E-state index contributed by atoms with van der Waals surface area (Å²) in [6.07, 6.45) is 4.46. The predicted octanol–water partition coefficient (Wildman–Crippen LogP) is 0.912. The van der Waals surface area contributed by atoms with Crippen LogP contribution in [0.4, 0.5) is 0 Å². The van der Waals surface area contributed by atoms with E-state index in [0.717, 1.165) is 50.9 Å². The van der Waals surface area contributed by atoms with Crippen LogP contribution in [0.1, 0.15) is 49.5 Å². The molecule has 1 saturated carbocycles. The summed E-state index contributed by atoms with van der Waals surface area (Å²) in [4.78, 5) is 33.1. The molecule has 6 nitrogen and oxygen atoms in total. The molecule has 3 N–H and O–H groups in total. The molecule has 1 aromatic rings. The van der Waals surface area contributed by atoms with E-state index in [1.807, 2.05) is 4.90 Å². The molecule has 2 atom stereocenters.